The number of nitrogens with two attached hydrogens (primary N) is 1. The summed E-state index contributed by atoms with van der Waals surface area (Å²) in [4.78, 5) is 0. The van der Waals surface area contributed by atoms with Gasteiger partial charge in [-0.3, -0.25) is 0 Å². The molecule has 68 valence electrons. The van der Waals surface area contributed by atoms with Gasteiger partial charge in [0.05, 0.1) is 0 Å². The summed E-state index contributed by atoms with van der Waals surface area (Å²) in [5.74, 6) is 0. The largest absolute Gasteiger partial charge is 0.421 e. The maximum Gasteiger partial charge on any atom is 0.421 e. The van der Waals surface area contributed by atoms with Crippen LogP contribution in [0.5, 0.6) is 0 Å². The topological polar surface area (TPSA) is 52.0 Å². The average molecular weight is 180 g/mol. The molecule has 0 aliphatic heterocycles. The minimum atomic E-state index is -4.44. The van der Waals surface area contributed by atoms with Crippen LogP contribution in [0.2, 0.25) is 0 Å². The second kappa shape index (κ2) is 2.78. The van der Waals surface area contributed by atoms with Crippen LogP contribution in [0.15, 0.2) is 10.8 Å². The molecule has 0 aliphatic carbocycles. The van der Waals surface area contributed by atoms with Crippen molar-refractivity contribution in [3.05, 3.63) is 17.5 Å². The molecule has 2 N–H and O–H groups in total. The van der Waals surface area contributed by atoms with Gasteiger partial charge in [-0.2, -0.15) is 13.2 Å². The Labute approximate surface area is 66.3 Å². The van der Waals surface area contributed by atoms with Crippen molar-refractivity contribution in [1.29, 1.82) is 0 Å². The third kappa shape index (κ3) is 1.58. The molecule has 0 saturated carbocycles. The van der Waals surface area contributed by atoms with Gasteiger partial charge < -0.3 is 10.3 Å². The van der Waals surface area contributed by atoms with Gasteiger partial charge in [0, 0.05) is 6.04 Å². The molecule has 1 aromatic rings. The Morgan fingerprint density at radius 1 is 1.58 bits per heavy atom. The molecule has 12 heavy (non-hydrogen) atoms. The number of rotatable bonds is 1. The summed E-state index contributed by atoms with van der Waals surface area (Å²) in [6.07, 6.45) is -3.89. The van der Waals surface area contributed by atoms with Crippen molar-refractivity contribution in [3.63, 3.8) is 0 Å². The molecule has 1 aromatic heterocycles. The molecule has 0 saturated heterocycles. The lowest BCUT2D eigenvalue weighted by Crippen LogP contribution is -2.13. The zero-order valence-corrected chi connectivity index (χ0v) is 6.22. The summed E-state index contributed by atoms with van der Waals surface area (Å²) in [5.41, 5.74) is 4.07. The van der Waals surface area contributed by atoms with E-state index in [0.29, 0.717) is 6.26 Å². The van der Waals surface area contributed by atoms with Gasteiger partial charge in [-0.25, -0.2) is 0 Å². The Balaban J connectivity index is 3.08. The lowest BCUT2D eigenvalue weighted by atomic mass is 10.1. The average Bonchev–Trinajstić information content (AvgIpc) is 2.30. The minimum absolute atomic E-state index is 0.262. The van der Waals surface area contributed by atoms with E-state index < -0.39 is 17.8 Å². The molecular weight excluding hydrogens is 173 g/mol. The third-order valence-corrected chi connectivity index (χ3v) is 1.33. The molecule has 0 aromatic carbocycles. The Hall–Kier alpha value is -1.04. The molecule has 1 rings (SSSR count). The first-order valence-electron chi connectivity index (χ1n) is 3.20. The zero-order valence-electron chi connectivity index (χ0n) is 6.22. The fourth-order valence-electron chi connectivity index (χ4n) is 0.786. The summed E-state index contributed by atoms with van der Waals surface area (Å²) in [6.45, 7) is 1.41. The Morgan fingerprint density at radius 3 is 2.50 bits per heavy atom. The fourth-order valence-corrected chi connectivity index (χ4v) is 0.786. The van der Waals surface area contributed by atoms with Crippen molar-refractivity contribution >= 4 is 0 Å². The summed E-state index contributed by atoms with van der Waals surface area (Å²) < 4.78 is 40.4. The highest BCUT2D eigenvalue weighted by Crippen LogP contribution is 2.33. The number of aromatic nitrogens is 1. The van der Waals surface area contributed by atoms with E-state index in [0.717, 1.165) is 0 Å². The van der Waals surface area contributed by atoms with Gasteiger partial charge in [0.1, 0.15) is 17.5 Å². The smallest absolute Gasteiger partial charge is 0.364 e. The van der Waals surface area contributed by atoms with Crippen molar-refractivity contribution in [1.82, 2.24) is 5.16 Å². The van der Waals surface area contributed by atoms with Crippen LogP contribution in [0.25, 0.3) is 0 Å². The highest BCUT2D eigenvalue weighted by molar-refractivity contribution is 5.20. The van der Waals surface area contributed by atoms with E-state index in [1.165, 1.54) is 6.92 Å². The Kier molecular flexibility index (Phi) is 2.10. The van der Waals surface area contributed by atoms with Crippen LogP contribution in [0.3, 0.4) is 0 Å². The van der Waals surface area contributed by atoms with Crippen LogP contribution in [0, 0.1) is 0 Å². The van der Waals surface area contributed by atoms with Crippen molar-refractivity contribution in [2.45, 2.75) is 19.1 Å². The molecule has 0 bridgehead atoms. The van der Waals surface area contributed by atoms with E-state index in [1.807, 2.05) is 0 Å². The van der Waals surface area contributed by atoms with Crippen LogP contribution in [0.4, 0.5) is 13.2 Å². The van der Waals surface area contributed by atoms with Gasteiger partial charge in [0.2, 0.25) is 0 Å². The number of nitrogens with zero attached hydrogens (tertiary/aromatic N) is 1. The standard InChI is InChI=1S/C6H7F3N2O/c1-3(10)5-4(2-12-11-5)6(7,8)9/h2-3H,10H2,1H3. The van der Waals surface area contributed by atoms with Gasteiger partial charge >= 0.3 is 6.18 Å². The van der Waals surface area contributed by atoms with Crippen LogP contribution in [0.1, 0.15) is 24.2 Å². The second-order valence-electron chi connectivity index (χ2n) is 2.40. The van der Waals surface area contributed by atoms with Crippen LogP contribution >= 0.6 is 0 Å². The lowest BCUT2D eigenvalue weighted by Gasteiger charge is -2.06. The first kappa shape index (κ1) is 9.05. The molecule has 1 heterocycles. The van der Waals surface area contributed by atoms with E-state index in [-0.39, 0.29) is 5.69 Å². The van der Waals surface area contributed by atoms with Gasteiger partial charge in [0.25, 0.3) is 0 Å². The van der Waals surface area contributed by atoms with Crippen molar-refractivity contribution in [3.8, 4) is 0 Å². The highest BCUT2D eigenvalue weighted by Gasteiger charge is 2.37. The summed E-state index contributed by atoms with van der Waals surface area (Å²) in [6, 6.07) is -0.777. The molecular formula is C6H7F3N2O. The first-order chi connectivity index (χ1) is 5.43. The van der Waals surface area contributed by atoms with Crippen molar-refractivity contribution < 1.29 is 17.7 Å². The van der Waals surface area contributed by atoms with Gasteiger partial charge in [-0.15, -0.1) is 0 Å². The van der Waals surface area contributed by atoms with Gasteiger partial charge in [0.15, 0.2) is 0 Å². The summed E-state index contributed by atoms with van der Waals surface area (Å²) in [7, 11) is 0. The summed E-state index contributed by atoms with van der Waals surface area (Å²) in [5, 5.41) is 3.16. The molecule has 0 aliphatic rings. The first-order valence-corrected chi connectivity index (χ1v) is 3.20. The molecule has 6 heteroatoms. The van der Waals surface area contributed by atoms with Crippen LogP contribution in [-0.2, 0) is 6.18 Å². The molecule has 1 atom stereocenters. The quantitative estimate of drug-likeness (QED) is 0.715. The number of hydrogen-bond acceptors (Lipinski definition) is 3. The number of hydrogen-bond donors (Lipinski definition) is 1. The second-order valence-corrected chi connectivity index (χ2v) is 2.40. The molecule has 0 spiro atoms. The molecule has 0 radical (unpaired) electrons. The van der Waals surface area contributed by atoms with Crippen LogP contribution in [-0.4, -0.2) is 5.16 Å². The predicted molar refractivity (Wildman–Crippen MR) is 34.1 cm³/mol. The number of halogens is 3. The van der Waals surface area contributed by atoms with Crippen molar-refractivity contribution in [2.75, 3.05) is 0 Å². The fraction of sp³-hybridized carbons (Fsp3) is 0.500. The van der Waals surface area contributed by atoms with E-state index >= 15 is 0 Å². The number of alkyl halides is 3. The molecule has 1 unspecified atom stereocenters. The minimum Gasteiger partial charge on any atom is -0.364 e. The Morgan fingerprint density at radius 2 is 2.17 bits per heavy atom. The third-order valence-electron chi connectivity index (χ3n) is 1.33. The summed E-state index contributed by atoms with van der Waals surface area (Å²) >= 11 is 0. The normalized spacial score (nSPS) is 14.8. The molecule has 0 fully saturated rings. The van der Waals surface area contributed by atoms with E-state index in [2.05, 4.69) is 9.68 Å². The lowest BCUT2D eigenvalue weighted by molar-refractivity contribution is -0.138. The highest BCUT2D eigenvalue weighted by atomic mass is 19.4. The SMILES string of the molecule is CC(N)c1nocc1C(F)(F)F. The van der Waals surface area contributed by atoms with Gasteiger partial charge in [-0.1, -0.05) is 5.16 Å². The van der Waals surface area contributed by atoms with E-state index in [9.17, 15) is 13.2 Å². The van der Waals surface area contributed by atoms with Crippen LogP contribution < -0.4 is 5.73 Å². The van der Waals surface area contributed by atoms with Gasteiger partial charge in [-0.05, 0) is 6.92 Å². The van der Waals surface area contributed by atoms with E-state index in [1.54, 1.807) is 0 Å². The maximum atomic E-state index is 12.1. The van der Waals surface area contributed by atoms with E-state index in [4.69, 9.17) is 5.73 Å². The molecule has 3 nitrogen and oxygen atoms in total. The zero-order chi connectivity index (χ0) is 9.35. The Bertz CT molecular complexity index is 266. The maximum absolute atomic E-state index is 12.1. The predicted octanol–water partition coefficient (Wildman–Crippen LogP) is 1.71. The molecule has 0 amide bonds. The monoisotopic (exact) mass is 180 g/mol. The van der Waals surface area contributed by atoms with Crippen molar-refractivity contribution in [2.24, 2.45) is 5.73 Å².